The summed E-state index contributed by atoms with van der Waals surface area (Å²) in [6.07, 6.45) is 0.534. The van der Waals surface area contributed by atoms with Crippen molar-refractivity contribution < 1.29 is 23.5 Å². The number of rotatable bonds is 8. The molecule has 1 aliphatic rings. The van der Waals surface area contributed by atoms with Gasteiger partial charge >= 0.3 is 0 Å². The van der Waals surface area contributed by atoms with Gasteiger partial charge in [0.2, 0.25) is 11.8 Å². The van der Waals surface area contributed by atoms with E-state index in [9.17, 15) is 14.0 Å². The molecule has 2 amide bonds. The summed E-state index contributed by atoms with van der Waals surface area (Å²) in [6.45, 7) is 0.354. The second kappa shape index (κ2) is 12.1. The Labute approximate surface area is 223 Å². The van der Waals surface area contributed by atoms with Crippen LogP contribution in [0.3, 0.4) is 0 Å². The summed E-state index contributed by atoms with van der Waals surface area (Å²) in [5.74, 6) is 0.239. The van der Waals surface area contributed by atoms with E-state index < -0.39 is 11.1 Å². The third-order valence-electron chi connectivity index (χ3n) is 5.65. The van der Waals surface area contributed by atoms with Crippen LogP contribution >= 0.6 is 23.4 Å². The topological polar surface area (TPSA) is 80.2 Å². The van der Waals surface area contributed by atoms with Gasteiger partial charge in [0.15, 0.2) is 16.7 Å². The van der Waals surface area contributed by atoms with Crippen molar-refractivity contribution in [2.75, 3.05) is 26.1 Å². The first-order chi connectivity index (χ1) is 17.9. The molecule has 1 unspecified atom stereocenters. The molecule has 1 fully saturated rings. The van der Waals surface area contributed by atoms with Crippen LogP contribution in [0.1, 0.15) is 12.0 Å². The number of amidine groups is 1. The normalized spacial score (nSPS) is 16.5. The second-order valence-corrected chi connectivity index (χ2v) is 9.77. The van der Waals surface area contributed by atoms with Crippen molar-refractivity contribution in [3.63, 3.8) is 0 Å². The lowest BCUT2D eigenvalue weighted by molar-refractivity contribution is -0.129. The molecular weight excluding hydrogens is 517 g/mol. The number of hydrogen-bond donors (Lipinski definition) is 1. The van der Waals surface area contributed by atoms with Gasteiger partial charge in [-0.1, -0.05) is 35.5 Å². The number of aliphatic imine (C=N–C) groups is 1. The van der Waals surface area contributed by atoms with Crippen LogP contribution in [0.4, 0.5) is 15.8 Å². The van der Waals surface area contributed by atoms with Crippen molar-refractivity contribution in [3.8, 4) is 11.5 Å². The molecule has 3 aromatic rings. The Kier molecular flexibility index (Phi) is 8.68. The SMILES string of the molecule is COc1ccc(CCN2C(=O)CC(C(=O)Nc3ccc(F)cc3)SC2=Nc2cccc(Cl)c2)cc1OC. The van der Waals surface area contributed by atoms with E-state index in [2.05, 4.69) is 10.3 Å². The van der Waals surface area contributed by atoms with Gasteiger partial charge in [-0.25, -0.2) is 9.38 Å². The van der Waals surface area contributed by atoms with E-state index in [-0.39, 0.29) is 18.2 Å². The predicted octanol–water partition coefficient (Wildman–Crippen LogP) is 5.70. The number of hydrogen-bond acceptors (Lipinski definition) is 6. The van der Waals surface area contributed by atoms with Crippen molar-refractivity contribution in [1.82, 2.24) is 4.90 Å². The highest BCUT2D eigenvalue weighted by molar-refractivity contribution is 8.15. The van der Waals surface area contributed by atoms with E-state index >= 15 is 0 Å². The number of methoxy groups -OCH3 is 2. The number of carbonyl (C=O) groups is 2. The summed E-state index contributed by atoms with van der Waals surface area (Å²) in [5, 5.41) is 2.96. The number of benzene rings is 3. The molecule has 7 nitrogen and oxygen atoms in total. The molecule has 0 spiro atoms. The lowest BCUT2D eigenvalue weighted by Crippen LogP contribution is -2.46. The Morgan fingerprint density at radius 3 is 2.57 bits per heavy atom. The summed E-state index contributed by atoms with van der Waals surface area (Å²) < 4.78 is 23.9. The Morgan fingerprint density at radius 2 is 1.86 bits per heavy atom. The standard InChI is InChI=1S/C27H25ClFN3O4S/c1-35-22-11-6-17(14-23(22)36-2)12-13-32-25(33)16-24(26(34)30-20-9-7-19(29)8-10-20)37-27(32)31-21-5-3-4-18(28)15-21/h3-11,14-15,24H,12-13,16H2,1-2H3,(H,30,34). The molecule has 3 aromatic carbocycles. The lowest BCUT2D eigenvalue weighted by Gasteiger charge is -2.32. The van der Waals surface area contributed by atoms with E-state index in [0.29, 0.717) is 46.0 Å². The van der Waals surface area contributed by atoms with Gasteiger partial charge < -0.3 is 14.8 Å². The molecule has 1 heterocycles. The second-order valence-electron chi connectivity index (χ2n) is 8.17. The number of halogens is 2. The largest absolute Gasteiger partial charge is 0.493 e. The fourth-order valence-corrected chi connectivity index (χ4v) is 5.06. The number of ether oxygens (including phenoxy) is 2. The Balaban J connectivity index is 1.55. The maximum Gasteiger partial charge on any atom is 0.238 e. The highest BCUT2D eigenvalue weighted by Crippen LogP contribution is 2.32. The summed E-state index contributed by atoms with van der Waals surface area (Å²) in [4.78, 5) is 32.5. The van der Waals surface area contributed by atoms with Crippen LogP contribution in [0.2, 0.25) is 5.02 Å². The smallest absolute Gasteiger partial charge is 0.238 e. The van der Waals surface area contributed by atoms with Crippen LogP contribution in [-0.4, -0.2) is 47.9 Å². The lowest BCUT2D eigenvalue weighted by atomic mass is 10.1. The number of nitrogens with zero attached hydrogens (tertiary/aromatic N) is 2. The average Bonchev–Trinajstić information content (AvgIpc) is 2.89. The number of amides is 2. The van der Waals surface area contributed by atoms with E-state index in [1.807, 2.05) is 18.2 Å². The third-order valence-corrected chi connectivity index (χ3v) is 7.07. The van der Waals surface area contributed by atoms with Crippen molar-refractivity contribution in [1.29, 1.82) is 0 Å². The van der Waals surface area contributed by atoms with E-state index in [4.69, 9.17) is 21.1 Å². The molecule has 10 heteroatoms. The fourth-order valence-electron chi connectivity index (χ4n) is 3.75. The third kappa shape index (κ3) is 6.81. The van der Waals surface area contributed by atoms with Crippen LogP contribution in [0.15, 0.2) is 71.7 Å². The van der Waals surface area contributed by atoms with Crippen molar-refractivity contribution in [2.24, 2.45) is 4.99 Å². The number of anilines is 1. The molecule has 1 aliphatic heterocycles. The maximum atomic E-state index is 13.3. The summed E-state index contributed by atoms with van der Waals surface area (Å²) in [5.41, 5.74) is 1.97. The Hall–Kier alpha value is -3.56. The molecule has 37 heavy (non-hydrogen) atoms. The summed E-state index contributed by atoms with van der Waals surface area (Å²) in [6, 6.07) is 18.0. The van der Waals surface area contributed by atoms with Gasteiger partial charge in [0, 0.05) is 23.7 Å². The number of thioether (sulfide) groups is 1. The molecule has 1 saturated heterocycles. The average molecular weight is 542 g/mol. The van der Waals surface area contributed by atoms with Crippen LogP contribution in [0.5, 0.6) is 11.5 Å². The van der Waals surface area contributed by atoms with Gasteiger partial charge in [-0.3, -0.25) is 14.5 Å². The summed E-state index contributed by atoms with van der Waals surface area (Å²) in [7, 11) is 3.14. The molecular formula is C27H25ClFN3O4S. The van der Waals surface area contributed by atoms with Crippen LogP contribution in [0.25, 0.3) is 0 Å². The number of carbonyl (C=O) groups excluding carboxylic acids is 2. The van der Waals surface area contributed by atoms with Crippen LogP contribution in [-0.2, 0) is 16.0 Å². The van der Waals surface area contributed by atoms with Crippen molar-refractivity contribution in [3.05, 3.63) is 83.1 Å². The highest BCUT2D eigenvalue weighted by atomic mass is 35.5. The molecule has 1 atom stereocenters. The quantitative estimate of drug-likeness (QED) is 0.396. The monoisotopic (exact) mass is 541 g/mol. The zero-order valence-electron chi connectivity index (χ0n) is 20.2. The molecule has 0 aliphatic carbocycles. The van der Waals surface area contributed by atoms with Crippen LogP contribution in [0, 0.1) is 5.82 Å². The van der Waals surface area contributed by atoms with Gasteiger partial charge in [-0.05, 0) is 66.6 Å². The Morgan fingerprint density at radius 1 is 1.11 bits per heavy atom. The van der Waals surface area contributed by atoms with Crippen LogP contribution < -0.4 is 14.8 Å². The van der Waals surface area contributed by atoms with Gasteiger partial charge in [0.25, 0.3) is 0 Å². The molecule has 1 N–H and O–H groups in total. The molecule has 0 saturated carbocycles. The zero-order chi connectivity index (χ0) is 26.4. The minimum absolute atomic E-state index is 0.00179. The maximum absolute atomic E-state index is 13.3. The van der Waals surface area contributed by atoms with Crippen molar-refractivity contribution in [2.45, 2.75) is 18.1 Å². The Bertz CT molecular complexity index is 1320. The zero-order valence-corrected chi connectivity index (χ0v) is 21.8. The molecule has 0 aromatic heterocycles. The first-order valence-electron chi connectivity index (χ1n) is 11.4. The van der Waals surface area contributed by atoms with Gasteiger partial charge in [-0.15, -0.1) is 0 Å². The van der Waals surface area contributed by atoms with E-state index in [0.717, 1.165) is 5.56 Å². The molecule has 192 valence electrons. The van der Waals surface area contributed by atoms with E-state index in [1.54, 1.807) is 43.4 Å². The van der Waals surface area contributed by atoms with E-state index in [1.165, 1.54) is 36.0 Å². The van der Waals surface area contributed by atoms with Gasteiger partial charge in [-0.2, -0.15) is 0 Å². The van der Waals surface area contributed by atoms with Gasteiger partial charge in [0.05, 0.1) is 19.9 Å². The number of nitrogens with one attached hydrogen (secondary N) is 1. The highest BCUT2D eigenvalue weighted by Gasteiger charge is 2.36. The predicted molar refractivity (Wildman–Crippen MR) is 145 cm³/mol. The minimum atomic E-state index is -0.701. The molecule has 0 bridgehead atoms. The van der Waals surface area contributed by atoms with Gasteiger partial charge in [0.1, 0.15) is 11.1 Å². The first-order valence-corrected chi connectivity index (χ1v) is 12.7. The van der Waals surface area contributed by atoms with Crippen molar-refractivity contribution >= 4 is 51.7 Å². The molecule has 4 rings (SSSR count). The fraction of sp³-hybridized carbons (Fsp3) is 0.222. The first kappa shape index (κ1) is 26.5. The molecule has 0 radical (unpaired) electrons. The summed E-state index contributed by atoms with van der Waals surface area (Å²) >= 11 is 7.34. The minimum Gasteiger partial charge on any atom is -0.493 e.